The van der Waals surface area contributed by atoms with Crippen molar-refractivity contribution < 1.29 is 28.6 Å². The van der Waals surface area contributed by atoms with Crippen molar-refractivity contribution >= 4 is 57.3 Å². The number of nitrogens with zero attached hydrogens (tertiary/aromatic N) is 1. The molecule has 0 fully saturated rings. The second-order valence-electron chi connectivity index (χ2n) is 8.05. The quantitative estimate of drug-likeness (QED) is 0.347. The van der Waals surface area contributed by atoms with Gasteiger partial charge in [-0.1, -0.05) is 23.2 Å². The molecule has 0 unspecified atom stereocenters. The molecule has 11 heteroatoms. The topological polar surface area (TPSA) is 94.2 Å². The standard InChI is InChI=1S/C26H24Cl2N2O6S/c1-3-35-26(33)30-11-10-18-21(13-30)37-25(23(18)24(32)15-4-7-17(34-2)8-5-15)29-22(31)14-36-20-9-6-16(27)12-19(20)28/h4-9,12H,3,10-11,13-14H2,1-2H3,(H,29,31). The largest absolute Gasteiger partial charge is 0.497 e. The van der Waals surface area contributed by atoms with Gasteiger partial charge in [-0.3, -0.25) is 9.59 Å². The van der Waals surface area contributed by atoms with E-state index in [4.69, 9.17) is 37.4 Å². The van der Waals surface area contributed by atoms with Gasteiger partial charge in [-0.25, -0.2) is 4.79 Å². The molecule has 2 aromatic carbocycles. The smallest absolute Gasteiger partial charge is 0.410 e. The SMILES string of the molecule is CCOC(=O)N1CCc2c(sc(NC(=O)COc3ccc(Cl)cc3Cl)c2C(=O)c2ccc(OC)cc2)C1. The van der Waals surface area contributed by atoms with Gasteiger partial charge in [-0.2, -0.15) is 0 Å². The van der Waals surface area contributed by atoms with Gasteiger partial charge in [0.1, 0.15) is 16.5 Å². The lowest BCUT2D eigenvalue weighted by Crippen LogP contribution is -2.36. The number of methoxy groups -OCH3 is 1. The van der Waals surface area contributed by atoms with E-state index in [-0.39, 0.29) is 30.6 Å². The van der Waals surface area contributed by atoms with Crippen molar-refractivity contribution in [1.29, 1.82) is 0 Å². The fraction of sp³-hybridized carbons (Fsp3) is 0.269. The van der Waals surface area contributed by atoms with Gasteiger partial charge in [0.05, 0.1) is 30.8 Å². The van der Waals surface area contributed by atoms with Gasteiger partial charge in [0.2, 0.25) is 0 Å². The van der Waals surface area contributed by atoms with Crippen molar-refractivity contribution in [2.24, 2.45) is 0 Å². The number of halogens is 2. The monoisotopic (exact) mass is 562 g/mol. The van der Waals surface area contributed by atoms with Crippen molar-refractivity contribution in [3.63, 3.8) is 0 Å². The fourth-order valence-electron chi connectivity index (χ4n) is 3.89. The Kier molecular flexibility index (Phi) is 8.58. The van der Waals surface area contributed by atoms with E-state index in [9.17, 15) is 14.4 Å². The molecule has 37 heavy (non-hydrogen) atoms. The van der Waals surface area contributed by atoms with Crippen molar-refractivity contribution in [1.82, 2.24) is 4.90 Å². The number of nitrogens with one attached hydrogen (secondary N) is 1. The number of benzene rings is 2. The minimum absolute atomic E-state index is 0.235. The van der Waals surface area contributed by atoms with Crippen LogP contribution in [-0.2, 0) is 22.5 Å². The Morgan fingerprint density at radius 1 is 1.11 bits per heavy atom. The Labute approximate surface area is 228 Å². The predicted octanol–water partition coefficient (Wildman–Crippen LogP) is 5.83. The third-order valence-corrected chi connectivity index (χ3v) is 7.33. The molecular formula is C26H24Cl2N2O6S. The fourth-order valence-corrected chi connectivity index (χ4v) is 5.63. The highest BCUT2D eigenvalue weighted by Crippen LogP contribution is 2.39. The van der Waals surface area contributed by atoms with Gasteiger partial charge < -0.3 is 24.4 Å². The maximum absolute atomic E-state index is 13.6. The number of carbonyl (C=O) groups excluding carboxylic acids is 3. The molecule has 0 radical (unpaired) electrons. The van der Waals surface area contributed by atoms with Crippen LogP contribution < -0.4 is 14.8 Å². The summed E-state index contributed by atoms with van der Waals surface area (Å²) in [7, 11) is 1.55. The summed E-state index contributed by atoms with van der Waals surface area (Å²) >= 11 is 13.3. The van der Waals surface area contributed by atoms with E-state index in [0.717, 1.165) is 10.4 Å². The first-order chi connectivity index (χ1) is 17.8. The van der Waals surface area contributed by atoms with Crippen LogP contribution in [0.1, 0.15) is 33.3 Å². The van der Waals surface area contributed by atoms with E-state index in [0.29, 0.717) is 45.6 Å². The van der Waals surface area contributed by atoms with E-state index in [1.165, 1.54) is 17.4 Å². The lowest BCUT2D eigenvalue weighted by molar-refractivity contribution is -0.118. The number of thiophene rings is 1. The number of ether oxygens (including phenoxy) is 3. The molecule has 8 nitrogen and oxygen atoms in total. The number of hydrogen-bond donors (Lipinski definition) is 1. The Morgan fingerprint density at radius 2 is 1.86 bits per heavy atom. The molecule has 1 aromatic heterocycles. The van der Waals surface area contributed by atoms with Crippen molar-refractivity contribution in [3.05, 3.63) is 74.1 Å². The van der Waals surface area contributed by atoms with E-state index in [2.05, 4.69) is 5.32 Å². The second kappa shape index (κ2) is 11.9. The lowest BCUT2D eigenvalue weighted by atomic mass is 9.96. The molecule has 4 rings (SSSR count). The van der Waals surface area contributed by atoms with Crippen LogP contribution in [0.15, 0.2) is 42.5 Å². The van der Waals surface area contributed by atoms with Gasteiger partial charge in [-0.15, -0.1) is 11.3 Å². The number of rotatable bonds is 8. The maximum atomic E-state index is 13.6. The molecule has 1 aliphatic heterocycles. The van der Waals surface area contributed by atoms with Gasteiger partial charge in [0, 0.05) is 22.0 Å². The maximum Gasteiger partial charge on any atom is 0.410 e. The first-order valence-electron chi connectivity index (χ1n) is 11.4. The van der Waals surface area contributed by atoms with Crippen LogP contribution in [0.3, 0.4) is 0 Å². The average Bonchev–Trinajstić information content (AvgIpc) is 3.24. The van der Waals surface area contributed by atoms with Crippen molar-refractivity contribution in [2.45, 2.75) is 19.9 Å². The van der Waals surface area contributed by atoms with E-state index in [1.807, 2.05) is 0 Å². The average molecular weight is 563 g/mol. The normalized spacial score (nSPS) is 12.5. The van der Waals surface area contributed by atoms with E-state index < -0.39 is 12.0 Å². The van der Waals surface area contributed by atoms with Gasteiger partial charge in [-0.05, 0) is 61.4 Å². The van der Waals surface area contributed by atoms with Crippen LogP contribution in [0.2, 0.25) is 10.0 Å². The molecule has 0 saturated carbocycles. The zero-order chi connectivity index (χ0) is 26.5. The van der Waals surface area contributed by atoms with Crippen molar-refractivity contribution in [2.75, 3.05) is 32.2 Å². The highest BCUT2D eigenvalue weighted by atomic mass is 35.5. The van der Waals surface area contributed by atoms with Crippen LogP contribution in [0, 0.1) is 0 Å². The number of ketones is 1. The molecule has 3 aromatic rings. The summed E-state index contributed by atoms with van der Waals surface area (Å²) in [6.45, 7) is 2.38. The minimum Gasteiger partial charge on any atom is -0.497 e. The first kappa shape index (κ1) is 26.8. The highest BCUT2D eigenvalue weighted by molar-refractivity contribution is 7.17. The van der Waals surface area contributed by atoms with Crippen LogP contribution in [0.25, 0.3) is 0 Å². The van der Waals surface area contributed by atoms with E-state index >= 15 is 0 Å². The van der Waals surface area contributed by atoms with Gasteiger partial charge in [0.15, 0.2) is 12.4 Å². The summed E-state index contributed by atoms with van der Waals surface area (Å²) in [6, 6.07) is 11.5. The molecule has 1 N–H and O–H groups in total. The Balaban J connectivity index is 1.60. The highest BCUT2D eigenvalue weighted by Gasteiger charge is 2.31. The van der Waals surface area contributed by atoms with E-state index in [1.54, 1.807) is 55.3 Å². The van der Waals surface area contributed by atoms with Crippen LogP contribution >= 0.6 is 34.5 Å². The molecule has 0 saturated heterocycles. The van der Waals surface area contributed by atoms with Crippen LogP contribution in [-0.4, -0.2) is 49.6 Å². The van der Waals surface area contributed by atoms with Crippen LogP contribution in [0.4, 0.5) is 9.80 Å². The molecule has 0 spiro atoms. The molecule has 2 amide bonds. The molecular weight excluding hydrogens is 539 g/mol. The predicted molar refractivity (Wildman–Crippen MR) is 142 cm³/mol. The third kappa shape index (κ3) is 6.18. The Morgan fingerprint density at radius 3 is 2.54 bits per heavy atom. The summed E-state index contributed by atoms with van der Waals surface area (Å²) < 4.78 is 15.9. The lowest BCUT2D eigenvalue weighted by Gasteiger charge is -2.26. The van der Waals surface area contributed by atoms with Crippen LogP contribution in [0.5, 0.6) is 11.5 Å². The third-order valence-electron chi connectivity index (χ3n) is 5.67. The summed E-state index contributed by atoms with van der Waals surface area (Å²) in [5.74, 6) is 0.240. The molecule has 1 aliphatic rings. The zero-order valence-electron chi connectivity index (χ0n) is 20.1. The Bertz CT molecular complexity index is 1330. The number of fused-ring (bicyclic) bond motifs is 1. The van der Waals surface area contributed by atoms with Crippen molar-refractivity contribution in [3.8, 4) is 11.5 Å². The summed E-state index contributed by atoms with van der Waals surface area (Å²) in [4.78, 5) is 41.1. The summed E-state index contributed by atoms with van der Waals surface area (Å²) in [5.41, 5.74) is 1.67. The summed E-state index contributed by atoms with van der Waals surface area (Å²) in [5, 5.41) is 3.94. The molecule has 0 bridgehead atoms. The van der Waals surface area contributed by atoms with Gasteiger partial charge in [0.25, 0.3) is 5.91 Å². The molecule has 2 heterocycles. The first-order valence-corrected chi connectivity index (χ1v) is 13.0. The Hall–Kier alpha value is -3.27. The molecule has 0 aliphatic carbocycles. The molecule has 194 valence electrons. The zero-order valence-corrected chi connectivity index (χ0v) is 22.5. The molecule has 0 atom stereocenters. The summed E-state index contributed by atoms with van der Waals surface area (Å²) in [6.07, 6.45) is 0.0395. The number of anilines is 1. The number of amides is 2. The number of hydrogen-bond acceptors (Lipinski definition) is 7. The minimum atomic E-state index is -0.462. The second-order valence-corrected chi connectivity index (χ2v) is 10.00. The van der Waals surface area contributed by atoms with Gasteiger partial charge >= 0.3 is 6.09 Å². The number of carbonyl (C=O) groups is 3.